The van der Waals surface area contributed by atoms with Gasteiger partial charge in [0.25, 0.3) is 0 Å². The molecular formula is C15H20ClN3OS. The average Bonchev–Trinajstić information content (AvgIpc) is 2.81. The van der Waals surface area contributed by atoms with Crippen LogP contribution >= 0.6 is 22.9 Å². The van der Waals surface area contributed by atoms with Crippen LogP contribution in [0.5, 0.6) is 0 Å². The molecule has 1 aliphatic rings. The van der Waals surface area contributed by atoms with Crippen LogP contribution in [-0.2, 0) is 11.2 Å². The molecule has 0 spiro atoms. The Morgan fingerprint density at radius 2 is 2.05 bits per heavy atom. The molecule has 3 rings (SSSR count). The van der Waals surface area contributed by atoms with Crippen molar-refractivity contribution in [3.63, 3.8) is 0 Å². The van der Waals surface area contributed by atoms with E-state index in [-0.39, 0.29) is 12.2 Å². The summed E-state index contributed by atoms with van der Waals surface area (Å²) < 4.78 is 5.76. The van der Waals surface area contributed by atoms with Crippen LogP contribution in [0, 0.1) is 0 Å². The van der Waals surface area contributed by atoms with Crippen LogP contribution in [0.15, 0.2) is 6.07 Å². The van der Waals surface area contributed by atoms with Crippen molar-refractivity contribution in [1.82, 2.24) is 9.97 Å². The molecule has 0 saturated carbocycles. The Kier molecular flexibility index (Phi) is 4.33. The minimum Gasteiger partial charge on any atom is -0.372 e. The van der Waals surface area contributed by atoms with Gasteiger partial charge in [-0.25, -0.2) is 9.97 Å². The second-order valence-corrected chi connectivity index (χ2v) is 7.13. The quantitative estimate of drug-likeness (QED) is 0.802. The van der Waals surface area contributed by atoms with E-state index in [2.05, 4.69) is 36.7 Å². The standard InChI is InChI=1S/C15H20ClN3OS/c1-4-5-11-6-12-13(16)17-15(18-14(12)21-11)19-7-9(2)20-10(3)8-19/h6,9-10H,4-5,7-8H2,1-3H3. The van der Waals surface area contributed by atoms with Gasteiger partial charge in [-0.2, -0.15) is 0 Å². The summed E-state index contributed by atoms with van der Waals surface area (Å²) in [5, 5.41) is 1.53. The zero-order valence-electron chi connectivity index (χ0n) is 12.6. The van der Waals surface area contributed by atoms with E-state index in [0.717, 1.165) is 42.1 Å². The van der Waals surface area contributed by atoms with Crippen LogP contribution in [0.4, 0.5) is 5.95 Å². The van der Waals surface area contributed by atoms with Crippen LogP contribution < -0.4 is 4.90 Å². The minimum atomic E-state index is 0.186. The molecule has 4 nitrogen and oxygen atoms in total. The molecule has 2 unspecified atom stereocenters. The maximum atomic E-state index is 6.37. The first-order valence-electron chi connectivity index (χ1n) is 7.43. The van der Waals surface area contributed by atoms with Crippen LogP contribution in [-0.4, -0.2) is 35.3 Å². The third kappa shape index (κ3) is 3.15. The summed E-state index contributed by atoms with van der Waals surface area (Å²) in [6.07, 6.45) is 2.57. The third-order valence-corrected chi connectivity index (χ3v) is 4.96. The van der Waals surface area contributed by atoms with E-state index < -0.39 is 0 Å². The fourth-order valence-corrected chi connectivity index (χ4v) is 4.18. The molecule has 2 aromatic rings. The van der Waals surface area contributed by atoms with Crippen molar-refractivity contribution in [1.29, 1.82) is 0 Å². The number of anilines is 1. The number of aromatic nitrogens is 2. The highest BCUT2D eigenvalue weighted by molar-refractivity contribution is 7.18. The predicted octanol–water partition coefficient (Wildman–Crippen LogP) is 3.91. The van der Waals surface area contributed by atoms with Gasteiger partial charge in [-0.3, -0.25) is 0 Å². The molecule has 1 aliphatic heterocycles. The largest absolute Gasteiger partial charge is 0.372 e. The number of aryl methyl sites for hydroxylation is 1. The van der Waals surface area contributed by atoms with Crippen molar-refractivity contribution in [2.24, 2.45) is 0 Å². The van der Waals surface area contributed by atoms with E-state index in [1.54, 1.807) is 11.3 Å². The Labute approximate surface area is 134 Å². The molecule has 0 bridgehead atoms. The zero-order chi connectivity index (χ0) is 15.0. The van der Waals surface area contributed by atoms with Gasteiger partial charge in [-0.1, -0.05) is 24.9 Å². The second kappa shape index (κ2) is 6.07. The number of thiophene rings is 1. The van der Waals surface area contributed by atoms with Crippen molar-refractivity contribution in [3.8, 4) is 0 Å². The fraction of sp³-hybridized carbons (Fsp3) is 0.600. The summed E-state index contributed by atoms with van der Waals surface area (Å²) in [5.74, 6) is 0.722. The maximum absolute atomic E-state index is 6.37. The molecule has 0 aromatic carbocycles. The van der Waals surface area contributed by atoms with Gasteiger partial charge in [0, 0.05) is 23.4 Å². The first-order chi connectivity index (χ1) is 10.1. The summed E-state index contributed by atoms with van der Waals surface area (Å²) in [4.78, 5) is 13.7. The highest BCUT2D eigenvalue weighted by atomic mass is 35.5. The van der Waals surface area contributed by atoms with Crippen molar-refractivity contribution < 1.29 is 4.74 Å². The normalized spacial score (nSPS) is 23.0. The van der Waals surface area contributed by atoms with Crippen molar-refractivity contribution >= 4 is 39.1 Å². The maximum Gasteiger partial charge on any atom is 0.228 e. The van der Waals surface area contributed by atoms with Gasteiger partial charge in [-0.15, -0.1) is 11.3 Å². The smallest absolute Gasteiger partial charge is 0.228 e. The van der Waals surface area contributed by atoms with E-state index in [0.29, 0.717) is 5.15 Å². The SMILES string of the molecule is CCCc1cc2c(Cl)nc(N3CC(C)OC(C)C3)nc2s1. The Morgan fingerprint density at radius 3 is 2.71 bits per heavy atom. The monoisotopic (exact) mass is 325 g/mol. The van der Waals surface area contributed by atoms with E-state index in [9.17, 15) is 0 Å². The summed E-state index contributed by atoms with van der Waals surface area (Å²) in [7, 11) is 0. The molecular weight excluding hydrogens is 306 g/mol. The number of hydrogen-bond acceptors (Lipinski definition) is 5. The Hall–Kier alpha value is -0.910. The van der Waals surface area contributed by atoms with Crippen LogP contribution in [0.25, 0.3) is 10.2 Å². The number of nitrogens with zero attached hydrogens (tertiary/aromatic N) is 3. The Morgan fingerprint density at radius 1 is 1.33 bits per heavy atom. The van der Waals surface area contributed by atoms with E-state index in [1.165, 1.54) is 4.88 Å². The number of fused-ring (bicyclic) bond motifs is 1. The lowest BCUT2D eigenvalue weighted by Crippen LogP contribution is -2.46. The molecule has 21 heavy (non-hydrogen) atoms. The number of halogens is 1. The van der Waals surface area contributed by atoms with Gasteiger partial charge >= 0.3 is 0 Å². The van der Waals surface area contributed by atoms with Gasteiger partial charge in [0.15, 0.2) is 0 Å². The van der Waals surface area contributed by atoms with E-state index >= 15 is 0 Å². The lowest BCUT2D eigenvalue weighted by molar-refractivity contribution is -0.00569. The van der Waals surface area contributed by atoms with Crippen LogP contribution in [0.1, 0.15) is 32.1 Å². The lowest BCUT2D eigenvalue weighted by Gasteiger charge is -2.35. The van der Waals surface area contributed by atoms with E-state index in [1.807, 2.05) is 0 Å². The summed E-state index contributed by atoms with van der Waals surface area (Å²) in [6.45, 7) is 7.94. The van der Waals surface area contributed by atoms with E-state index in [4.69, 9.17) is 21.3 Å². The topological polar surface area (TPSA) is 38.2 Å². The Bertz CT molecular complexity index is 635. The fourth-order valence-electron chi connectivity index (χ4n) is 2.78. The predicted molar refractivity (Wildman–Crippen MR) is 88.6 cm³/mol. The molecule has 2 atom stereocenters. The van der Waals surface area contributed by atoms with Crippen molar-refractivity contribution in [2.75, 3.05) is 18.0 Å². The summed E-state index contributed by atoms with van der Waals surface area (Å²) in [6, 6.07) is 2.13. The third-order valence-electron chi connectivity index (χ3n) is 3.58. The molecule has 0 amide bonds. The molecule has 1 saturated heterocycles. The summed E-state index contributed by atoms with van der Waals surface area (Å²) in [5.41, 5.74) is 0. The van der Waals surface area contributed by atoms with Gasteiger partial charge in [0.1, 0.15) is 9.98 Å². The minimum absolute atomic E-state index is 0.186. The number of hydrogen-bond donors (Lipinski definition) is 0. The zero-order valence-corrected chi connectivity index (χ0v) is 14.2. The second-order valence-electron chi connectivity index (χ2n) is 5.66. The molecule has 6 heteroatoms. The molecule has 2 aromatic heterocycles. The molecule has 0 N–H and O–H groups in total. The molecule has 114 valence electrons. The first-order valence-corrected chi connectivity index (χ1v) is 8.62. The first kappa shape index (κ1) is 15.0. The average molecular weight is 326 g/mol. The van der Waals surface area contributed by atoms with Crippen molar-refractivity contribution in [2.45, 2.75) is 45.8 Å². The molecule has 0 radical (unpaired) electrons. The molecule has 1 fully saturated rings. The highest BCUT2D eigenvalue weighted by Gasteiger charge is 2.25. The van der Waals surface area contributed by atoms with Gasteiger partial charge in [-0.05, 0) is 26.3 Å². The number of morpholine rings is 1. The summed E-state index contributed by atoms with van der Waals surface area (Å²) >= 11 is 8.09. The van der Waals surface area contributed by atoms with Crippen molar-refractivity contribution in [3.05, 3.63) is 16.1 Å². The Balaban J connectivity index is 1.95. The van der Waals surface area contributed by atoms with Gasteiger partial charge < -0.3 is 9.64 Å². The lowest BCUT2D eigenvalue weighted by atomic mass is 10.2. The van der Waals surface area contributed by atoms with Gasteiger partial charge in [0.2, 0.25) is 5.95 Å². The highest BCUT2D eigenvalue weighted by Crippen LogP contribution is 2.31. The number of ether oxygens (including phenoxy) is 1. The van der Waals surface area contributed by atoms with Gasteiger partial charge in [0.05, 0.1) is 12.2 Å². The molecule has 3 heterocycles. The van der Waals surface area contributed by atoms with Crippen LogP contribution in [0.3, 0.4) is 0 Å². The molecule has 0 aliphatic carbocycles. The number of rotatable bonds is 3. The van der Waals surface area contributed by atoms with Crippen LogP contribution in [0.2, 0.25) is 5.15 Å².